The molecule has 0 aromatic heterocycles. The zero-order valence-electron chi connectivity index (χ0n) is 11.8. The third kappa shape index (κ3) is 2.23. The lowest BCUT2D eigenvalue weighted by Crippen LogP contribution is -3.00. The van der Waals surface area contributed by atoms with Crippen LogP contribution in [0, 0.1) is 0 Å². The standard InChI is InChI=1S/C17H16ClN2.ClH/c1-19-16-5-3-2-4-13(16)11-20-9-8-12-6-7-14(18)10-15(12)17(19)20;/h2-7,10H,8-9,11H2,1H3;1H/q+1;/p-1. The molecule has 0 atom stereocenters. The summed E-state index contributed by atoms with van der Waals surface area (Å²) in [5, 5.41) is 0.811. The Bertz CT molecular complexity index is 737. The first-order valence-corrected chi connectivity index (χ1v) is 7.34. The van der Waals surface area contributed by atoms with Crippen molar-refractivity contribution in [1.82, 2.24) is 0 Å². The van der Waals surface area contributed by atoms with E-state index in [4.69, 9.17) is 11.6 Å². The topological polar surface area (TPSA) is 6.25 Å². The lowest BCUT2D eigenvalue weighted by molar-refractivity contribution is -0.546. The van der Waals surface area contributed by atoms with E-state index in [2.05, 4.69) is 52.9 Å². The number of amidine groups is 1. The number of fused-ring (bicyclic) bond motifs is 3. The maximum atomic E-state index is 6.21. The molecule has 2 nitrogen and oxygen atoms in total. The fourth-order valence-corrected chi connectivity index (χ4v) is 3.52. The van der Waals surface area contributed by atoms with Crippen LogP contribution < -0.4 is 17.3 Å². The van der Waals surface area contributed by atoms with Crippen molar-refractivity contribution in [2.75, 3.05) is 18.5 Å². The van der Waals surface area contributed by atoms with Crippen LogP contribution in [-0.4, -0.2) is 24.0 Å². The van der Waals surface area contributed by atoms with Crippen LogP contribution in [0.15, 0.2) is 42.5 Å². The number of hydrogen-bond acceptors (Lipinski definition) is 1. The summed E-state index contributed by atoms with van der Waals surface area (Å²) in [5.74, 6) is 1.28. The molecule has 0 aliphatic carbocycles. The van der Waals surface area contributed by atoms with Gasteiger partial charge in [0.25, 0.3) is 5.84 Å². The number of nitrogens with zero attached hydrogens (tertiary/aromatic N) is 2. The van der Waals surface area contributed by atoms with Gasteiger partial charge >= 0.3 is 0 Å². The zero-order valence-corrected chi connectivity index (χ0v) is 13.3. The van der Waals surface area contributed by atoms with Crippen molar-refractivity contribution >= 4 is 23.1 Å². The van der Waals surface area contributed by atoms with Gasteiger partial charge in [-0.25, -0.2) is 4.90 Å². The summed E-state index contributed by atoms with van der Waals surface area (Å²) in [7, 11) is 2.15. The molecule has 2 heterocycles. The Morgan fingerprint density at radius 1 is 1.10 bits per heavy atom. The molecule has 0 fully saturated rings. The molecule has 2 aliphatic heterocycles. The summed E-state index contributed by atoms with van der Waals surface area (Å²) in [4.78, 5) is 2.30. The van der Waals surface area contributed by atoms with E-state index in [1.54, 1.807) is 0 Å². The number of benzene rings is 2. The summed E-state index contributed by atoms with van der Waals surface area (Å²) in [6.07, 6.45) is 1.09. The van der Waals surface area contributed by atoms with Crippen molar-refractivity contribution in [2.24, 2.45) is 0 Å². The lowest BCUT2D eigenvalue weighted by Gasteiger charge is -2.30. The van der Waals surface area contributed by atoms with Gasteiger partial charge in [0.05, 0.1) is 19.2 Å². The molecule has 0 bridgehead atoms. The van der Waals surface area contributed by atoms with Crippen molar-refractivity contribution < 1.29 is 17.0 Å². The van der Waals surface area contributed by atoms with E-state index in [0.717, 1.165) is 24.5 Å². The van der Waals surface area contributed by atoms with Crippen molar-refractivity contribution in [1.29, 1.82) is 0 Å². The third-order valence-electron chi connectivity index (χ3n) is 4.30. The van der Waals surface area contributed by atoms with Crippen LogP contribution in [0.5, 0.6) is 0 Å². The molecular formula is C17H16Cl2N2. The first-order chi connectivity index (χ1) is 9.74. The minimum absolute atomic E-state index is 0. The molecule has 0 N–H and O–H groups in total. The maximum absolute atomic E-state index is 6.21. The van der Waals surface area contributed by atoms with E-state index in [0.29, 0.717) is 0 Å². The molecule has 4 rings (SSSR count). The predicted molar refractivity (Wildman–Crippen MR) is 82.9 cm³/mol. The van der Waals surface area contributed by atoms with Gasteiger partial charge in [-0.2, -0.15) is 0 Å². The van der Waals surface area contributed by atoms with Gasteiger partial charge in [0.1, 0.15) is 12.2 Å². The summed E-state index contributed by atoms with van der Waals surface area (Å²) in [6.45, 7) is 2.06. The molecule has 2 aromatic rings. The summed E-state index contributed by atoms with van der Waals surface area (Å²) < 4.78 is 2.46. The highest BCUT2D eigenvalue weighted by Gasteiger charge is 2.34. The van der Waals surface area contributed by atoms with Crippen LogP contribution in [0.4, 0.5) is 5.69 Å². The van der Waals surface area contributed by atoms with Crippen molar-refractivity contribution in [3.63, 3.8) is 0 Å². The number of rotatable bonds is 0. The third-order valence-corrected chi connectivity index (χ3v) is 4.53. The zero-order chi connectivity index (χ0) is 13.7. The monoisotopic (exact) mass is 318 g/mol. The van der Waals surface area contributed by atoms with Crippen molar-refractivity contribution in [3.8, 4) is 0 Å². The van der Waals surface area contributed by atoms with Gasteiger partial charge in [-0.1, -0.05) is 35.9 Å². The Balaban J connectivity index is 0.00000132. The largest absolute Gasteiger partial charge is 1.00 e. The van der Waals surface area contributed by atoms with Crippen molar-refractivity contribution in [2.45, 2.75) is 13.0 Å². The molecule has 0 spiro atoms. The summed E-state index contributed by atoms with van der Waals surface area (Å²) in [6, 6.07) is 14.9. The molecule has 0 unspecified atom stereocenters. The quantitative estimate of drug-likeness (QED) is 0.634. The first kappa shape index (κ1) is 14.4. The van der Waals surface area contributed by atoms with Gasteiger partial charge in [-0.3, -0.25) is 4.58 Å². The van der Waals surface area contributed by atoms with Gasteiger partial charge in [0.15, 0.2) is 0 Å². The van der Waals surface area contributed by atoms with Crippen LogP contribution in [-0.2, 0) is 13.0 Å². The highest BCUT2D eigenvalue weighted by Crippen LogP contribution is 2.30. The SMILES string of the molecule is CN1C2=[N+](CCc3ccc(Cl)cc32)Cc2ccccc21.[Cl-]. The van der Waals surface area contributed by atoms with Gasteiger partial charge in [-0.15, -0.1) is 0 Å². The fraction of sp³-hybridized carbons (Fsp3) is 0.235. The van der Waals surface area contributed by atoms with E-state index < -0.39 is 0 Å². The molecule has 21 heavy (non-hydrogen) atoms. The van der Waals surface area contributed by atoms with Crippen LogP contribution >= 0.6 is 11.6 Å². The second-order valence-electron chi connectivity index (χ2n) is 5.48. The Labute approximate surface area is 136 Å². The van der Waals surface area contributed by atoms with Crippen LogP contribution in [0.1, 0.15) is 16.7 Å². The minimum atomic E-state index is 0. The minimum Gasteiger partial charge on any atom is -1.00 e. The first-order valence-electron chi connectivity index (χ1n) is 6.96. The predicted octanol–water partition coefficient (Wildman–Crippen LogP) is 0.309. The van der Waals surface area contributed by atoms with Crippen LogP contribution in [0.2, 0.25) is 5.02 Å². The molecule has 4 heteroatoms. The summed E-state index contributed by atoms with van der Waals surface area (Å²) in [5.41, 5.74) is 5.36. The molecule has 2 aromatic carbocycles. The number of anilines is 1. The average Bonchev–Trinajstić information content (AvgIpc) is 2.47. The fourth-order valence-electron chi connectivity index (χ4n) is 3.34. The Hall–Kier alpha value is -1.51. The second kappa shape index (κ2) is 5.36. The highest BCUT2D eigenvalue weighted by atomic mass is 35.5. The molecule has 0 radical (unpaired) electrons. The van der Waals surface area contributed by atoms with Crippen LogP contribution in [0.3, 0.4) is 0 Å². The normalized spacial score (nSPS) is 15.8. The molecule has 108 valence electrons. The van der Waals surface area contributed by atoms with Gasteiger partial charge in [-0.05, 0) is 23.8 Å². The molecule has 0 amide bonds. The van der Waals surface area contributed by atoms with E-state index >= 15 is 0 Å². The second-order valence-corrected chi connectivity index (χ2v) is 5.92. The van der Waals surface area contributed by atoms with E-state index in [-0.39, 0.29) is 12.4 Å². The number of hydrogen-bond donors (Lipinski definition) is 0. The Morgan fingerprint density at radius 3 is 2.76 bits per heavy atom. The smallest absolute Gasteiger partial charge is 0.284 e. The highest BCUT2D eigenvalue weighted by molar-refractivity contribution is 6.31. The van der Waals surface area contributed by atoms with Gasteiger partial charge in [0, 0.05) is 17.0 Å². The van der Waals surface area contributed by atoms with E-state index in [9.17, 15) is 0 Å². The molecule has 0 saturated heterocycles. The van der Waals surface area contributed by atoms with Gasteiger partial charge in [0.2, 0.25) is 0 Å². The molecular weight excluding hydrogens is 303 g/mol. The number of para-hydroxylation sites is 1. The summed E-state index contributed by atoms with van der Waals surface area (Å²) >= 11 is 6.21. The number of halogens is 2. The Kier molecular flexibility index (Phi) is 3.68. The Morgan fingerprint density at radius 2 is 1.90 bits per heavy atom. The molecule has 2 aliphatic rings. The molecule has 0 saturated carbocycles. The van der Waals surface area contributed by atoms with Gasteiger partial charge < -0.3 is 12.4 Å². The van der Waals surface area contributed by atoms with E-state index in [1.807, 2.05) is 6.07 Å². The average molecular weight is 319 g/mol. The van der Waals surface area contributed by atoms with Crippen LogP contribution in [0.25, 0.3) is 0 Å². The lowest BCUT2D eigenvalue weighted by atomic mass is 9.97. The maximum Gasteiger partial charge on any atom is 0.284 e. The van der Waals surface area contributed by atoms with E-state index in [1.165, 1.54) is 28.2 Å². The van der Waals surface area contributed by atoms with Crippen molar-refractivity contribution in [3.05, 3.63) is 64.2 Å².